The Balaban J connectivity index is 1.75. The molecule has 0 aliphatic heterocycles. The van der Waals surface area contributed by atoms with Crippen molar-refractivity contribution in [3.8, 4) is 5.75 Å². The van der Waals surface area contributed by atoms with Crippen molar-refractivity contribution in [2.24, 2.45) is 0 Å². The van der Waals surface area contributed by atoms with Crippen molar-refractivity contribution in [2.45, 2.75) is 64.5 Å². The second kappa shape index (κ2) is 7.81. The van der Waals surface area contributed by atoms with Crippen LogP contribution < -0.4 is 10.1 Å². The molecular formula is C18H29NO2. The molecule has 0 amide bonds. The first-order valence-corrected chi connectivity index (χ1v) is 8.21. The van der Waals surface area contributed by atoms with E-state index in [-0.39, 0.29) is 0 Å². The average molecular weight is 291 g/mol. The predicted octanol–water partition coefficient (Wildman–Crippen LogP) is 3.39. The number of aliphatic hydroxyl groups is 1. The topological polar surface area (TPSA) is 41.5 Å². The highest BCUT2D eigenvalue weighted by atomic mass is 16.5. The molecule has 21 heavy (non-hydrogen) atoms. The van der Waals surface area contributed by atoms with E-state index in [1.54, 1.807) is 0 Å². The van der Waals surface area contributed by atoms with Gasteiger partial charge in [0.15, 0.2) is 0 Å². The minimum absolute atomic E-state index is 0.347. The van der Waals surface area contributed by atoms with Crippen LogP contribution in [0.15, 0.2) is 18.2 Å². The average Bonchev–Trinajstić information content (AvgIpc) is 2.95. The van der Waals surface area contributed by atoms with Crippen LogP contribution in [0.4, 0.5) is 0 Å². The van der Waals surface area contributed by atoms with E-state index < -0.39 is 6.10 Å². The number of benzene rings is 1. The third-order valence-electron chi connectivity index (χ3n) is 4.30. The van der Waals surface area contributed by atoms with Gasteiger partial charge in [0.05, 0.1) is 0 Å². The van der Waals surface area contributed by atoms with Crippen LogP contribution in [0.5, 0.6) is 5.75 Å². The Labute approximate surface area is 128 Å². The Bertz CT molecular complexity index is 439. The van der Waals surface area contributed by atoms with Crippen LogP contribution >= 0.6 is 0 Å². The normalized spacial score (nSPS) is 17.4. The van der Waals surface area contributed by atoms with Gasteiger partial charge < -0.3 is 15.2 Å². The van der Waals surface area contributed by atoms with Crippen LogP contribution in [0.25, 0.3) is 0 Å². The van der Waals surface area contributed by atoms with Gasteiger partial charge in [-0.15, -0.1) is 0 Å². The zero-order valence-corrected chi connectivity index (χ0v) is 13.6. The van der Waals surface area contributed by atoms with E-state index in [0.29, 0.717) is 25.1 Å². The number of hydrogen-bond donors (Lipinski definition) is 2. The van der Waals surface area contributed by atoms with Crippen LogP contribution in [0, 0.1) is 6.92 Å². The second-order valence-corrected chi connectivity index (χ2v) is 6.53. The molecule has 1 fully saturated rings. The third kappa shape index (κ3) is 5.01. The van der Waals surface area contributed by atoms with Crippen molar-refractivity contribution in [3.63, 3.8) is 0 Å². The van der Waals surface area contributed by atoms with Gasteiger partial charge in [-0.2, -0.15) is 0 Å². The standard InChI is InChI=1S/C18H29NO2/c1-13(2)18-9-8-17(10-14(18)3)21-12-16(20)11-19-15-6-4-5-7-15/h8-10,13,15-16,19-20H,4-7,11-12H2,1-3H3. The molecule has 1 aromatic rings. The SMILES string of the molecule is Cc1cc(OCC(O)CNC2CCCC2)ccc1C(C)C. The molecule has 0 spiro atoms. The lowest BCUT2D eigenvalue weighted by molar-refractivity contribution is 0.104. The van der Waals surface area contributed by atoms with Crippen LogP contribution in [0.1, 0.15) is 56.6 Å². The minimum Gasteiger partial charge on any atom is -0.491 e. The van der Waals surface area contributed by atoms with Gasteiger partial charge in [-0.3, -0.25) is 0 Å². The predicted molar refractivity (Wildman–Crippen MR) is 87.0 cm³/mol. The summed E-state index contributed by atoms with van der Waals surface area (Å²) < 4.78 is 5.71. The molecule has 1 saturated carbocycles. The lowest BCUT2D eigenvalue weighted by atomic mass is 9.98. The fourth-order valence-electron chi connectivity index (χ4n) is 3.07. The highest BCUT2D eigenvalue weighted by molar-refractivity contribution is 5.36. The van der Waals surface area contributed by atoms with Gasteiger partial charge in [0.25, 0.3) is 0 Å². The summed E-state index contributed by atoms with van der Waals surface area (Å²) in [6.45, 7) is 7.47. The Hall–Kier alpha value is -1.06. The molecule has 1 aromatic carbocycles. The lowest BCUT2D eigenvalue weighted by Crippen LogP contribution is -2.36. The van der Waals surface area contributed by atoms with Gasteiger partial charge in [0.1, 0.15) is 18.5 Å². The van der Waals surface area contributed by atoms with Crippen LogP contribution in [-0.2, 0) is 0 Å². The number of hydrogen-bond acceptors (Lipinski definition) is 3. The van der Waals surface area contributed by atoms with Gasteiger partial charge in [-0.1, -0.05) is 32.8 Å². The lowest BCUT2D eigenvalue weighted by Gasteiger charge is -2.17. The zero-order chi connectivity index (χ0) is 15.2. The van der Waals surface area contributed by atoms with Gasteiger partial charge in [-0.25, -0.2) is 0 Å². The monoisotopic (exact) mass is 291 g/mol. The molecule has 0 heterocycles. The first kappa shape index (κ1) is 16.3. The Morgan fingerprint density at radius 1 is 1.29 bits per heavy atom. The summed E-state index contributed by atoms with van der Waals surface area (Å²) in [5.74, 6) is 1.37. The molecule has 0 aromatic heterocycles. The van der Waals surface area contributed by atoms with Crippen LogP contribution in [-0.4, -0.2) is 30.4 Å². The minimum atomic E-state index is -0.448. The molecule has 3 heteroatoms. The Kier molecular flexibility index (Phi) is 6.07. The smallest absolute Gasteiger partial charge is 0.119 e. The molecule has 0 radical (unpaired) electrons. The molecule has 1 aliphatic carbocycles. The maximum absolute atomic E-state index is 10.00. The molecule has 1 unspecified atom stereocenters. The van der Waals surface area contributed by atoms with E-state index in [2.05, 4.69) is 38.2 Å². The van der Waals surface area contributed by atoms with E-state index in [1.165, 1.54) is 36.8 Å². The highest BCUT2D eigenvalue weighted by Crippen LogP contribution is 2.23. The van der Waals surface area contributed by atoms with Gasteiger partial charge in [0, 0.05) is 12.6 Å². The van der Waals surface area contributed by atoms with Crippen LogP contribution in [0.2, 0.25) is 0 Å². The van der Waals surface area contributed by atoms with E-state index >= 15 is 0 Å². The fourth-order valence-corrected chi connectivity index (χ4v) is 3.07. The fraction of sp³-hybridized carbons (Fsp3) is 0.667. The molecule has 2 N–H and O–H groups in total. The molecule has 3 nitrogen and oxygen atoms in total. The molecule has 1 atom stereocenters. The summed E-state index contributed by atoms with van der Waals surface area (Å²) in [5.41, 5.74) is 2.60. The zero-order valence-electron chi connectivity index (χ0n) is 13.6. The van der Waals surface area contributed by atoms with Gasteiger partial charge in [-0.05, 0) is 48.9 Å². The summed E-state index contributed by atoms with van der Waals surface area (Å²) >= 11 is 0. The van der Waals surface area contributed by atoms with E-state index in [4.69, 9.17) is 4.74 Å². The summed E-state index contributed by atoms with van der Waals surface area (Å²) in [4.78, 5) is 0. The first-order valence-electron chi connectivity index (χ1n) is 8.21. The number of ether oxygens (including phenoxy) is 1. The van der Waals surface area contributed by atoms with E-state index in [1.807, 2.05) is 6.07 Å². The maximum Gasteiger partial charge on any atom is 0.119 e. The van der Waals surface area contributed by atoms with E-state index in [9.17, 15) is 5.11 Å². The molecule has 2 rings (SSSR count). The summed E-state index contributed by atoms with van der Waals surface area (Å²) in [5, 5.41) is 13.4. The van der Waals surface area contributed by atoms with Crippen molar-refractivity contribution in [3.05, 3.63) is 29.3 Å². The number of nitrogens with one attached hydrogen (secondary N) is 1. The van der Waals surface area contributed by atoms with E-state index in [0.717, 1.165) is 5.75 Å². The largest absolute Gasteiger partial charge is 0.491 e. The molecular weight excluding hydrogens is 262 g/mol. The molecule has 118 valence electrons. The Morgan fingerprint density at radius 2 is 2.00 bits per heavy atom. The number of aryl methyl sites for hydroxylation is 1. The van der Waals surface area contributed by atoms with Crippen molar-refractivity contribution >= 4 is 0 Å². The van der Waals surface area contributed by atoms with Crippen LogP contribution in [0.3, 0.4) is 0 Å². The van der Waals surface area contributed by atoms with Gasteiger partial charge in [0.2, 0.25) is 0 Å². The highest BCUT2D eigenvalue weighted by Gasteiger charge is 2.16. The molecule has 0 bridgehead atoms. The summed E-state index contributed by atoms with van der Waals surface area (Å²) in [6, 6.07) is 6.77. The summed E-state index contributed by atoms with van der Waals surface area (Å²) in [6.07, 6.45) is 4.65. The Morgan fingerprint density at radius 3 is 2.62 bits per heavy atom. The number of rotatable bonds is 7. The molecule has 0 saturated heterocycles. The quantitative estimate of drug-likeness (QED) is 0.809. The summed E-state index contributed by atoms with van der Waals surface area (Å²) in [7, 11) is 0. The first-order chi connectivity index (χ1) is 10.1. The number of aliphatic hydroxyl groups excluding tert-OH is 1. The maximum atomic E-state index is 10.00. The van der Waals surface area contributed by atoms with Crippen molar-refractivity contribution in [2.75, 3.05) is 13.2 Å². The van der Waals surface area contributed by atoms with Crippen molar-refractivity contribution in [1.29, 1.82) is 0 Å². The van der Waals surface area contributed by atoms with Gasteiger partial charge >= 0.3 is 0 Å². The van der Waals surface area contributed by atoms with Crippen molar-refractivity contribution in [1.82, 2.24) is 5.32 Å². The molecule has 1 aliphatic rings. The second-order valence-electron chi connectivity index (χ2n) is 6.53. The van der Waals surface area contributed by atoms with Crippen molar-refractivity contribution < 1.29 is 9.84 Å². The third-order valence-corrected chi connectivity index (χ3v) is 4.30.